The van der Waals surface area contributed by atoms with Crippen molar-refractivity contribution < 1.29 is 14.3 Å². The first-order valence-electron chi connectivity index (χ1n) is 6.67. The molecule has 1 N–H and O–H groups in total. The number of nitrogens with zero attached hydrogens (tertiary/aromatic N) is 1. The number of carbonyl (C=O) groups excluding carboxylic acids is 2. The highest BCUT2D eigenvalue weighted by Gasteiger charge is 2.21. The summed E-state index contributed by atoms with van der Waals surface area (Å²) in [4.78, 5) is 25.2. The maximum absolute atomic E-state index is 11.8. The van der Waals surface area contributed by atoms with E-state index < -0.39 is 0 Å². The molecule has 104 valence electrons. The normalized spacial score (nSPS) is 16.7. The van der Waals surface area contributed by atoms with E-state index in [1.807, 2.05) is 0 Å². The number of hydrogen-bond acceptors (Lipinski definition) is 3. The van der Waals surface area contributed by atoms with Gasteiger partial charge < -0.3 is 15.0 Å². The lowest BCUT2D eigenvalue weighted by molar-refractivity contribution is -0.137. The highest BCUT2D eigenvalue weighted by atomic mass is 16.5. The quantitative estimate of drug-likeness (QED) is 0.564. The van der Waals surface area contributed by atoms with E-state index in [4.69, 9.17) is 4.74 Å². The topological polar surface area (TPSA) is 58.6 Å². The first kappa shape index (κ1) is 15.0. The van der Waals surface area contributed by atoms with Crippen LogP contribution in [0.4, 0.5) is 0 Å². The van der Waals surface area contributed by atoms with Crippen molar-refractivity contribution in [1.82, 2.24) is 10.2 Å². The number of piperidine rings is 1. The fourth-order valence-corrected chi connectivity index (χ4v) is 2.01. The molecular weight excluding hydrogens is 232 g/mol. The van der Waals surface area contributed by atoms with Crippen LogP contribution in [0.5, 0.6) is 0 Å². The fourth-order valence-electron chi connectivity index (χ4n) is 2.01. The molecule has 0 aromatic heterocycles. The molecule has 1 fully saturated rings. The molecule has 0 unspecified atom stereocenters. The average molecular weight is 256 g/mol. The zero-order chi connectivity index (χ0) is 13.4. The van der Waals surface area contributed by atoms with Crippen LogP contribution in [0, 0.1) is 5.92 Å². The lowest BCUT2D eigenvalue weighted by atomic mass is 9.99. The third-order valence-electron chi connectivity index (χ3n) is 3.30. The van der Waals surface area contributed by atoms with Crippen LogP contribution in [0.3, 0.4) is 0 Å². The summed E-state index contributed by atoms with van der Waals surface area (Å²) in [6.07, 6.45) is 2.83. The molecule has 18 heavy (non-hydrogen) atoms. The average Bonchev–Trinajstić information content (AvgIpc) is 2.35. The van der Waals surface area contributed by atoms with E-state index in [0.717, 1.165) is 32.4 Å². The molecule has 1 rings (SSSR count). The van der Waals surface area contributed by atoms with E-state index in [1.165, 1.54) is 0 Å². The van der Waals surface area contributed by atoms with E-state index in [9.17, 15) is 9.59 Å². The number of methoxy groups -OCH3 is 1. The molecule has 1 saturated heterocycles. The van der Waals surface area contributed by atoms with Crippen molar-refractivity contribution in [3.8, 4) is 0 Å². The van der Waals surface area contributed by atoms with E-state index >= 15 is 0 Å². The number of likely N-dealkylation sites (tertiary alicyclic amines) is 1. The number of carbonyl (C=O) groups is 2. The molecular formula is C13H24N2O3. The monoisotopic (exact) mass is 256 g/mol. The van der Waals surface area contributed by atoms with Crippen LogP contribution in [-0.4, -0.2) is 50.1 Å². The second kappa shape index (κ2) is 8.08. The van der Waals surface area contributed by atoms with Crippen molar-refractivity contribution in [2.75, 3.05) is 33.4 Å². The van der Waals surface area contributed by atoms with E-state index in [-0.39, 0.29) is 18.2 Å². The summed E-state index contributed by atoms with van der Waals surface area (Å²) in [5.41, 5.74) is 0. The van der Waals surface area contributed by atoms with Crippen LogP contribution in [0.25, 0.3) is 0 Å². The molecule has 0 radical (unpaired) electrons. The van der Waals surface area contributed by atoms with Crippen molar-refractivity contribution in [2.45, 2.75) is 32.6 Å². The van der Waals surface area contributed by atoms with Crippen molar-refractivity contribution in [3.05, 3.63) is 0 Å². The highest BCUT2D eigenvalue weighted by Crippen LogP contribution is 2.16. The minimum absolute atomic E-state index is 0.0264. The molecule has 1 aliphatic heterocycles. The Bertz CT molecular complexity index is 273. The molecule has 5 nitrogen and oxygen atoms in total. The van der Waals surface area contributed by atoms with Crippen LogP contribution in [-0.2, 0) is 14.3 Å². The second-order valence-corrected chi connectivity index (χ2v) is 4.94. The van der Waals surface area contributed by atoms with E-state index in [2.05, 4.69) is 12.2 Å². The first-order valence-corrected chi connectivity index (χ1v) is 6.67. The van der Waals surface area contributed by atoms with Crippen LogP contribution in [0.1, 0.15) is 32.6 Å². The zero-order valence-electron chi connectivity index (χ0n) is 11.4. The summed E-state index contributed by atoms with van der Waals surface area (Å²) in [6.45, 7) is 4.97. The number of amides is 2. The predicted octanol–water partition coefficient (Wildman–Crippen LogP) is 0.788. The Kier molecular flexibility index (Phi) is 6.72. The van der Waals surface area contributed by atoms with Gasteiger partial charge in [0.05, 0.1) is 0 Å². The van der Waals surface area contributed by atoms with Crippen molar-refractivity contribution in [1.29, 1.82) is 0 Å². The van der Waals surface area contributed by atoms with Crippen LogP contribution in [0.2, 0.25) is 0 Å². The van der Waals surface area contributed by atoms with Gasteiger partial charge >= 0.3 is 0 Å². The number of rotatable bonds is 6. The Hall–Kier alpha value is -1.10. The van der Waals surface area contributed by atoms with Crippen LogP contribution >= 0.6 is 0 Å². The van der Waals surface area contributed by atoms with Gasteiger partial charge in [0.15, 0.2) is 0 Å². The lowest BCUT2D eigenvalue weighted by Crippen LogP contribution is -2.40. The van der Waals surface area contributed by atoms with E-state index in [1.54, 1.807) is 12.0 Å². The first-order chi connectivity index (χ1) is 8.63. The van der Waals surface area contributed by atoms with Crippen molar-refractivity contribution in [3.63, 3.8) is 0 Å². The second-order valence-electron chi connectivity index (χ2n) is 4.94. The Morgan fingerprint density at radius 1 is 1.33 bits per heavy atom. The SMILES string of the molecule is COCCCNC(=O)CC(=O)N1CCC(C)CC1. The smallest absolute Gasteiger partial charge is 0.232 e. The van der Waals surface area contributed by atoms with Gasteiger partial charge in [-0.1, -0.05) is 6.92 Å². The summed E-state index contributed by atoms with van der Waals surface area (Å²) in [7, 11) is 1.63. The van der Waals surface area contributed by atoms with Crippen LogP contribution in [0.15, 0.2) is 0 Å². The van der Waals surface area contributed by atoms with Gasteiger partial charge in [-0.15, -0.1) is 0 Å². The highest BCUT2D eigenvalue weighted by molar-refractivity contribution is 5.96. The standard InChI is InChI=1S/C13H24N2O3/c1-11-4-7-15(8-5-11)13(17)10-12(16)14-6-3-9-18-2/h11H,3-10H2,1-2H3,(H,14,16). The molecule has 0 aromatic rings. The Morgan fingerprint density at radius 2 is 2.00 bits per heavy atom. The molecule has 5 heteroatoms. The molecule has 0 atom stereocenters. The van der Waals surface area contributed by atoms with Crippen molar-refractivity contribution >= 4 is 11.8 Å². The Labute approximate surface area is 109 Å². The summed E-state index contributed by atoms with van der Waals surface area (Å²) in [6, 6.07) is 0. The molecule has 0 spiro atoms. The Balaban J connectivity index is 2.17. The fraction of sp³-hybridized carbons (Fsp3) is 0.846. The summed E-state index contributed by atoms with van der Waals surface area (Å²) < 4.78 is 4.88. The van der Waals surface area contributed by atoms with Gasteiger partial charge in [0, 0.05) is 33.4 Å². The van der Waals surface area contributed by atoms with Gasteiger partial charge in [0.25, 0.3) is 0 Å². The zero-order valence-corrected chi connectivity index (χ0v) is 11.4. The number of ether oxygens (including phenoxy) is 1. The molecule has 0 bridgehead atoms. The van der Waals surface area contributed by atoms with Gasteiger partial charge in [-0.25, -0.2) is 0 Å². The molecule has 1 heterocycles. The van der Waals surface area contributed by atoms with Crippen molar-refractivity contribution in [2.24, 2.45) is 5.92 Å². The van der Waals surface area contributed by atoms with Gasteiger partial charge in [-0.3, -0.25) is 9.59 Å². The van der Waals surface area contributed by atoms with Gasteiger partial charge in [-0.05, 0) is 25.2 Å². The number of hydrogen-bond donors (Lipinski definition) is 1. The third-order valence-corrected chi connectivity index (χ3v) is 3.30. The minimum atomic E-state index is -0.185. The molecule has 2 amide bonds. The number of nitrogens with one attached hydrogen (secondary N) is 1. The summed E-state index contributed by atoms with van der Waals surface area (Å²) in [5.74, 6) is 0.456. The largest absolute Gasteiger partial charge is 0.385 e. The lowest BCUT2D eigenvalue weighted by Gasteiger charge is -2.30. The van der Waals surface area contributed by atoms with Gasteiger partial charge in [0.1, 0.15) is 6.42 Å². The predicted molar refractivity (Wildman–Crippen MR) is 69.1 cm³/mol. The summed E-state index contributed by atoms with van der Waals surface area (Å²) >= 11 is 0. The minimum Gasteiger partial charge on any atom is -0.385 e. The van der Waals surface area contributed by atoms with Crippen LogP contribution < -0.4 is 5.32 Å². The third kappa shape index (κ3) is 5.49. The molecule has 0 aliphatic carbocycles. The van der Waals surface area contributed by atoms with Gasteiger partial charge in [0.2, 0.25) is 11.8 Å². The maximum Gasteiger partial charge on any atom is 0.232 e. The Morgan fingerprint density at radius 3 is 2.61 bits per heavy atom. The molecule has 0 aromatic carbocycles. The summed E-state index contributed by atoms with van der Waals surface area (Å²) in [5, 5.41) is 2.73. The molecule has 1 aliphatic rings. The maximum atomic E-state index is 11.8. The molecule has 0 saturated carbocycles. The van der Waals surface area contributed by atoms with E-state index in [0.29, 0.717) is 19.1 Å². The van der Waals surface area contributed by atoms with Gasteiger partial charge in [-0.2, -0.15) is 0 Å².